The number of methoxy groups -OCH3 is 2. The smallest absolute Gasteiger partial charge is 0.124 e. The van der Waals surface area contributed by atoms with Crippen LogP contribution in [0.3, 0.4) is 0 Å². The summed E-state index contributed by atoms with van der Waals surface area (Å²) in [5.74, 6) is 2.35. The topological polar surface area (TPSA) is 18.5 Å². The summed E-state index contributed by atoms with van der Waals surface area (Å²) in [6.07, 6.45) is 0. The number of hydrogen-bond donors (Lipinski definition) is 0. The molecule has 0 radical (unpaired) electrons. The van der Waals surface area contributed by atoms with E-state index in [9.17, 15) is 0 Å². The molecule has 2 aromatic rings. The first kappa shape index (κ1) is 18.1. The number of ether oxygens (including phenoxy) is 2. The highest BCUT2D eigenvalue weighted by molar-refractivity contribution is 14.1. The van der Waals surface area contributed by atoms with Gasteiger partial charge in [-0.1, -0.05) is 46.9 Å². The lowest BCUT2D eigenvalue weighted by atomic mass is 9.88. The SMILES string of the molecule is COc1c(C)cc(C(CI)c2cc(C)c(OC)c(C)c2)cc1C. The summed E-state index contributed by atoms with van der Waals surface area (Å²) in [5, 5.41) is 0. The van der Waals surface area contributed by atoms with Gasteiger partial charge in [0.05, 0.1) is 14.2 Å². The zero-order valence-corrected chi connectivity index (χ0v) is 16.9. The van der Waals surface area contributed by atoms with Crippen molar-refractivity contribution in [2.75, 3.05) is 18.6 Å². The van der Waals surface area contributed by atoms with E-state index < -0.39 is 0 Å². The molecule has 0 saturated carbocycles. The molecule has 0 amide bonds. The Morgan fingerprint density at radius 2 is 1.04 bits per heavy atom. The second-order valence-corrected chi connectivity index (χ2v) is 6.96. The van der Waals surface area contributed by atoms with Crippen molar-refractivity contribution in [1.82, 2.24) is 0 Å². The first-order valence-electron chi connectivity index (χ1n) is 7.79. The number of hydrogen-bond acceptors (Lipinski definition) is 2. The third-order valence-corrected chi connectivity index (χ3v) is 5.21. The first-order chi connectivity index (χ1) is 10.9. The van der Waals surface area contributed by atoms with Gasteiger partial charge in [0, 0.05) is 10.3 Å². The van der Waals surface area contributed by atoms with Crippen LogP contribution < -0.4 is 9.47 Å². The summed E-state index contributed by atoms with van der Waals surface area (Å²) in [4.78, 5) is 0. The number of benzene rings is 2. The van der Waals surface area contributed by atoms with Gasteiger partial charge in [0.25, 0.3) is 0 Å². The lowest BCUT2D eigenvalue weighted by Gasteiger charge is -2.21. The predicted octanol–water partition coefficient (Wildman–Crippen LogP) is 5.50. The Balaban J connectivity index is 2.53. The van der Waals surface area contributed by atoms with E-state index in [1.165, 1.54) is 33.4 Å². The summed E-state index contributed by atoms with van der Waals surface area (Å²) in [6.45, 7) is 8.46. The average Bonchev–Trinajstić information content (AvgIpc) is 2.47. The molecule has 2 nitrogen and oxygen atoms in total. The van der Waals surface area contributed by atoms with Gasteiger partial charge in [-0.2, -0.15) is 0 Å². The molecule has 0 aliphatic carbocycles. The minimum atomic E-state index is 0.377. The Hall–Kier alpha value is -1.23. The van der Waals surface area contributed by atoms with Gasteiger partial charge in [-0.3, -0.25) is 0 Å². The molecule has 124 valence electrons. The number of aryl methyl sites for hydroxylation is 4. The van der Waals surface area contributed by atoms with Crippen LogP contribution in [0, 0.1) is 27.7 Å². The van der Waals surface area contributed by atoms with Crippen LogP contribution in [0.5, 0.6) is 11.5 Å². The van der Waals surface area contributed by atoms with Gasteiger partial charge in [-0.05, 0) is 61.1 Å². The van der Waals surface area contributed by atoms with E-state index in [4.69, 9.17) is 9.47 Å². The maximum absolute atomic E-state index is 5.50. The zero-order valence-electron chi connectivity index (χ0n) is 14.8. The van der Waals surface area contributed by atoms with E-state index in [0.717, 1.165) is 15.9 Å². The van der Waals surface area contributed by atoms with Crippen molar-refractivity contribution >= 4 is 22.6 Å². The molecule has 23 heavy (non-hydrogen) atoms. The van der Waals surface area contributed by atoms with E-state index in [-0.39, 0.29) is 0 Å². The lowest BCUT2D eigenvalue weighted by molar-refractivity contribution is 0.408. The molecular formula is C20H25IO2. The Kier molecular flexibility index (Phi) is 5.95. The third-order valence-electron chi connectivity index (χ3n) is 4.33. The molecule has 2 rings (SSSR count). The molecule has 0 aromatic heterocycles. The van der Waals surface area contributed by atoms with Crippen molar-refractivity contribution < 1.29 is 9.47 Å². The Morgan fingerprint density at radius 3 is 1.26 bits per heavy atom. The number of rotatable bonds is 5. The molecule has 0 aliphatic rings. The number of halogens is 1. The highest BCUT2D eigenvalue weighted by Gasteiger charge is 2.18. The highest BCUT2D eigenvalue weighted by atomic mass is 127. The third kappa shape index (κ3) is 3.65. The van der Waals surface area contributed by atoms with E-state index in [1.807, 2.05) is 0 Å². The van der Waals surface area contributed by atoms with Gasteiger partial charge >= 0.3 is 0 Å². The van der Waals surface area contributed by atoms with Gasteiger partial charge in [0.2, 0.25) is 0 Å². The van der Waals surface area contributed by atoms with Crippen LogP contribution in [-0.2, 0) is 0 Å². The van der Waals surface area contributed by atoms with Crippen molar-refractivity contribution in [3.05, 3.63) is 57.6 Å². The molecule has 3 heteroatoms. The second-order valence-electron chi connectivity index (χ2n) is 6.08. The Morgan fingerprint density at radius 1 is 0.739 bits per heavy atom. The highest BCUT2D eigenvalue weighted by Crippen LogP contribution is 2.35. The Bertz CT molecular complexity index is 601. The molecule has 0 fully saturated rings. The summed E-state index contributed by atoms with van der Waals surface area (Å²) in [7, 11) is 3.47. The van der Waals surface area contributed by atoms with Crippen LogP contribution >= 0.6 is 22.6 Å². The molecule has 0 saturated heterocycles. The van der Waals surface area contributed by atoms with Crippen molar-refractivity contribution in [3.63, 3.8) is 0 Å². The second kappa shape index (κ2) is 7.56. The van der Waals surface area contributed by atoms with Crippen LogP contribution in [0.1, 0.15) is 39.3 Å². The Labute approximate surface area is 153 Å². The van der Waals surface area contributed by atoms with E-state index in [0.29, 0.717) is 5.92 Å². The fourth-order valence-electron chi connectivity index (χ4n) is 3.38. The number of alkyl halides is 1. The van der Waals surface area contributed by atoms with Crippen LogP contribution in [-0.4, -0.2) is 18.6 Å². The van der Waals surface area contributed by atoms with Gasteiger partial charge in [0.15, 0.2) is 0 Å². The van der Waals surface area contributed by atoms with Gasteiger partial charge < -0.3 is 9.47 Å². The van der Waals surface area contributed by atoms with Crippen molar-refractivity contribution in [2.24, 2.45) is 0 Å². The van der Waals surface area contributed by atoms with Gasteiger partial charge in [0.1, 0.15) is 11.5 Å². The fourth-order valence-corrected chi connectivity index (χ4v) is 4.40. The van der Waals surface area contributed by atoms with Crippen molar-refractivity contribution in [3.8, 4) is 11.5 Å². The standard InChI is InChI=1S/C20H25IO2/c1-12-7-16(8-13(2)19(12)22-5)18(11-21)17-9-14(3)20(23-6)15(4)10-17/h7-10,18H,11H2,1-6H3. The molecule has 0 N–H and O–H groups in total. The minimum absolute atomic E-state index is 0.377. The van der Waals surface area contributed by atoms with Gasteiger partial charge in [-0.25, -0.2) is 0 Å². The summed E-state index contributed by atoms with van der Waals surface area (Å²) >= 11 is 2.48. The van der Waals surface area contributed by atoms with E-state index >= 15 is 0 Å². The van der Waals surface area contributed by atoms with Crippen LogP contribution in [0.15, 0.2) is 24.3 Å². The summed E-state index contributed by atoms with van der Waals surface area (Å²) in [5.41, 5.74) is 7.47. The lowest BCUT2D eigenvalue weighted by Crippen LogP contribution is -2.06. The minimum Gasteiger partial charge on any atom is -0.496 e. The maximum atomic E-state index is 5.50. The predicted molar refractivity (Wildman–Crippen MR) is 106 cm³/mol. The molecule has 2 aromatic carbocycles. The fraction of sp³-hybridized carbons (Fsp3) is 0.400. The van der Waals surface area contributed by atoms with Crippen LogP contribution in [0.4, 0.5) is 0 Å². The van der Waals surface area contributed by atoms with E-state index in [1.54, 1.807) is 14.2 Å². The molecular weight excluding hydrogens is 399 g/mol. The van der Waals surface area contributed by atoms with Gasteiger partial charge in [-0.15, -0.1) is 0 Å². The van der Waals surface area contributed by atoms with Crippen LogP contribution in [0.25, 0.3) is 0 Å². The van der Waals surface area contributed by atoms with Crippen LogP contribution in [0.2, 0.25) is 0 Å². The monoisotopic (exact) mass is 424 g/mol. The van der Waals surface area contributed by atoms with Crippen molar-refractivity contribution in [2.45, 2.75) is 33.6 Å². The molecule has 0 unspecified atom stereocenters. The van der Waals surface area contributed by atoms with E-state index in [2.05, 4.69) is 74.6 Å². The van der Waals surface area contributed by atoms with Crippen molar-refractivity contribution in [1.29, 1.82) is 0 Å². The first-order valence-corrected chi connectivity index (χ1v) is 9.31. The average molecular weight is 424 g/mol. The zero-order chi connectivity index (χ0) is 17.1. The molecule has 0 atom stereocenters. The molecule has 0 spiro atoms. The normalized spacial score (nSPS) is 11.0. The summed E-state index contributed by atoms with van der Waals surface area (Å²) < 4.78 is 12.0. The molecule has 0 bridgehead atoms. The molecule has 0 aliphatic heterocycles. The largest absolute Gasteiger partial charge is 0.496 e. The maximum Gasteiger partial charge on any atom is 0.124 e. The molecule has 0 heterocycles. The quantitative estimate of drug-likeness (QED) is 0.466. The summed E-state index contributed by atoms with van der Waals surface area (Å²) in [6, 6.07) is 9.02.